The lowest BCUT2D eigenvalue weighted by atomic mass is 10.1. The lowest BCUT2D eigenvalue weighted by Crippen LogP contribution is -2.02. The summed E-state index contributed by atoms with van der Waals surface area (Å²) in [5.41, 5.74) is 2.25. The van der Waals surface area contributed by atoms with E-state index in [1.807, 2.05) is 0 Å². The van der Waals surface area contributed by atoms with Crippen molar-refractivity contribution in [2.24, 2.45) is 0 Å². The van der Waals surface area contributed by atoms with Gasteiger partial charge in [-0.15, -0.1) is 10.2 Å². The van der Waals surface area contributed by atoms with Gasteiger partial charge in [-0.1, -0.05) is 29.6 Å². The molecule has 0 spiro atoms. The summed E-state index contributed by atoms with van der Waals surface area (Å²) in [5.74, 6) is 0.609. The van der Waals surface area contributed by atoms with E-state index in [1.54, 1.807) is 16.8 Å². The van der Waals surface area contributed by atoms with Gasteiger partial charge in [-0.25, -0.2) is 4.68 Å². The summed E-state index contributed by atoms with van der Waals surface area (Å²) in [6, 6.07) is 3.46. The largest absolute Gasteiger partial charge is 0.201 e. The number of aryl methyl sites for hydroxylation is 1. The van der Waals surface area contributed by atoms with Crippen LogP contribution >= 0.6 is 23.2 Å². The first-order valence-electron chi connectivity index (χ1n) is 6.01. The first-order valence-corrected chi connectivity index (χ1v) is 6.77. The molecule has 94 valence electrons. The van der Waals surface area contributed by atoms with Gasteiger partial charge in [-0.2, -0.15) is 5.10 Å². The summed E-state index contributed by atoms with van der Waals surface area (Å²) in [4.78, 5) is 0. The Hall–Kier alpha value is -1.13. The summed E-state index contributed by atoms with van der Waals surface area (Å²) in [6.45, 7) is 0. The van der Waals surface area contributed by atoms with Crippen LogP contribution in [0.15, 0.2) is 12.1 Å². The molecule has 2 aromatic rings. The quantitative estimate of drug-likeness (QED) is 0.755. The van der Waals surface area contributed by atoms with Crippen molar-refractivity contribution in [2.75, 3.05) is 0 Å². The van der Waals surface area contributed by atoms with Crippen LogP contribution in [0.5, 0.6) is 0 Å². The van der Waals surface area contributed by atoms with E-state index in [-0.39, 0.29) is 0 Å². The van der Waals surface area contributed by atoms with Gasteiger partial charge in [0.1, 0.15) is 5.15 Å². The van der Waals surface area contributed by atoms with Gasteiger partial charge < -0.3 is 0 Å². The minimum absolute atomic E-state index is 0.364. The Kier molecular flexibility index (Phi) is 3.22. The monoisotopic (exact) mass is 282 g/mol. The molecule has 0 unspecified atom stereocenters. The van der Waals surface area contributed by atoms with Crippen LogP contribution in [0.3, 0.4) is 0 Å². The number of aromatic nitrogens is 4. The van der Waals surface area contributed by atoms with E-state index >= 15 is 0 Å². The van der Waals surface area contributed by atoms with Crippen LogP contribution in [-0.4, -0.2) is 20.0 Å². The molecule has 18 heavy (non-hydrogen) atoms. The summed E-state index contributed by atoms with van der Waals surface area (Å²) in [7, 11) is 0. The molecule has 4 nitrogen and oxygen atoms in total. The van der Waals surface area contributed by atoms with Crippen molar-refractivity contribution in [3.05, 3.63) is 33.7 Å². The molecule has 0 amide bonds. The number of fused-ring (bicyclic) bond motifs is 1. The fourth-order valence-electron chi connectivity index (χ4n) is 2.26. The first kappa shape index (κ1) is 11.9. The average molecular weight is 283 g/mol. The molecule has 6 heteroatoms. The highest BCUT2D eigenvalue weighted by Crippen LogP contribution is 2.28. The van der Waals surface area contributed by atoms with Crippen LogP contribution < -0.4 is 0 Å². The number of halogens is 2. The molecule has 0 bridgehead atoms. The van der Waals surface area contributed by atoms with Gasteiger partial charge in [-0.05, 0) is 37.8 Å². The second kappa shape index (κ2) is 4.86. The third kappa shape index (κ3) is 2.10. The first-order chi connectivity index (χ1) is 8.75. The zero-order valence-corrected chi connectivity index (χ0v) is 11.2. The summed E-state index contributed by atoms with van der Waals surface area (Å²) < 4.78 is 1.65. The number of nitrogens with zero attached hydrogens (tertiary/aromatic N) is 4. The molecule has 1 aliphatic carbocycles. The molecular formula is C12H12Cl2N4. The standard InChI is InChI=1S/C12H12Cl2N4/c13-10-6-7-11(16-15-10)18-12(14)8-4-2-1-3-5-9(8)17-18/h6-7H,1-5H2. The van der Waals surface area contributed by atoms with Gasteiger partial charge >= 0.3 is 0 Å². The van der Waals surface area contributed by atoms with Gasteiger partial charge in [0.25, 0.3) is 0 Å². The molecule has 0 radical (unpaired) electrons. The maximum absolute atomic E-state index is 6.39. The Bertz CT molecular complexity index is 562. The van der Waals surface area contributed by atoms with Gasteiger partial charge in [0.2, 0.25) is 0 Å². The highest BCUT2D eigenvalue weighted by Gasteiger charge is 2.19. The molecule has 0 atom stereocenters. The molecule has 0 saturated heterocycles. The Balaban J connectivity index is 2.05. The molecule has 2 aromatic heterocycles. The van der Waals surface area contributed by atoms with Crippen molar-refractivity contribution in [3.8, 4) is 5.82 Å². The van der Waals surface area contributed by atoms with E-state index in [0.29, 0.717) is 16.1 Å². The maximum atomic E-state index is 6.39. The minimum atomic E-state index is 0.364. The molecule has 0 aromatic carbocycles. The van der Waals surface area contributed by atoms with E-state index in [9.17, 15) is 0 Å². The van der Waals surface area contributed by atoms with Crippen molar-refractivity contribution < 1.29 is 0 Å². The van der Waals surface area contributed by atoms with Gasteiger partial charge in [0.05, 0.1) is 5.69 Å². The molecule has 0 N–H and O–H groups in total. The van der Waals surface area contributed by atoms with E-state index in [0.717, 1.165) is 24.1 Å². The van der Waals surface area contributed by atoms with Gasteiger partial charge in [0, 0.05) is 5.56 Å². The third-order valence-electron chi connectivity index (χ3n) is 3.18. The number of rotatable bonds is 1. The van der Waals surface area contributed by atoms with Crippen LogP contribution in [-0.2, 0) is 12.8 Å². The molecule has 0 aliphatic heterocycles. The molecule has 1 aliphatic rings. The Morgan fingerprint density at radius 2 is 1.83 bits per heavy atom. The van der Waals surface area contributed by atoms with Crippen LogP contribution in [0.2, 0.25) is 10.3 Å². The van der Waals surface area contributed by atoms with Crippen molar-refractivity contribution in [1.29, 1.82) is 0 Å². The highest BCUT2D eigenvalue weighted by atomic mass is 35.5. The Morgan fingerprint density at radius 1 is 1.00 bits per heavy atom. The van der Waals surface area contributed by atoms with Crippen molar-refractivity contribution in [2.45, 2.75) is 32.1 Å². The molecular weight excluding hydrogens is 271 g/mol. The summed E-state index contributed by atoms with van der Waals surface area (Å²) in [5, 5.41) is 13.4. The predicted molar refractivity (Wildman–Crippen MR) is 70.4 cm³/mol. The lowest BCUT2D eigenvalue weighted by Gasteiger charge is -2.02. The summed E-state index contributed by atoms with van der Waals surface area (Å²) >= 11 is 12.1. The zero-order valence-electron chi connectivity index (χ0n) is 9.74. The van der Waals surface area contributed by atoms with Crippen LogP contribution in [0.25, 0.3) is 5.82 Å². The molecule has 0 saturated carbocycles. The number of hydrogen-bond donors (Lipinski definition) is 0. The van der Waals surface area contributed by atoms with E-state index in [1.165, 1.54) is 19.3 Å². The summed E-state index contributed by atoms with van der Waals surface area (Å²) in [6.07, 6.45) is 5.57. The minimum Gasteiger partial charge on any atom is -0.201 e. The normalized spacial score (nSPS) is 15.2. The van der Waals surface area contributed by atoms with Crippen molar-refractivity contribution in [1.82, 2.24) is 20.0 Å². The Morgan fingerprint density at radius 3 is 2.61 bits per heavy atom. The third-order valence-corrected chi connectivity index (χ3v) is 3.77. The predicted octanol–water partition coefficient (Wildman–Crippen LogP) is 3.24. The maximum Gasteiger partial charge on any atom is 0.177 e. The zero-order chi connectivity index (χ0) is 12.5. The fourth-order valence-corrected chi connectivity index (χ4v) is 2.69. The van der Waals surface area contributed by atoms with Crippen LogP contribution in [0.4, 0.5) is 0 Å². The second-order valence-electron chi connectivity index (χ2n) is 4.40. The molecule has 2 heterocycles. The Labute approximate surface area is 115 Å². The van der Waals surface area contributed by atoms with Crippen molar-refractivity contribution >= 4 is 23.2 Å². The molecule has 3 rings (SSSR count). The number of hydrogen-bond acceptors (Lipinski definition) is 3. The SMILES string of the molecule is Clc1ccc(-n2nc3c(c2Cl)CCCCC3)nn1. The van der Waals surface area contributed by atoms with E-state index < -0.39 is 0 Å². The molecule has 0 fully saturated rings. The van der Waals surface area contributed by atoms with Crippen molar-refractivity contribution in [3.63, 3.8) is 0 Å². The topological polar surface area (TPSA) is 43.6 Å². The average Bonchev–Trinajstić information content (AvgIpc) is 2.57. The smallest absolute Gasteiger partial charge is 0.177 e. The lowest BCUT2D eigenvalue weighted by molar-refractivity contribution is 0.691. The van der Waals surface area contributed by atoms with Gasteiger partial charge in [-0.3, -0.25) is 0 Å². The van der Waals surface area contributed by atoms with Gasteiger partial charge in [0.15, 0.2) is 11.0 Å². The van der Waals surface area contributed by atoms with E-state index in [2.05, 4.69) is 15.3 Å². The fraction of sp³-hybridized carbons (Fsp3) is 0.417. The second-order valence-corrected chi connectivity index (χ2v) is 5.15. The van der Waals surface area contributed by atoms with Crippen LogP contribution in [0.1, 0.15) is 30.5 Å². The van der Waals surface area contributed by atoms with Crippen LogP contribution in [0, 0.1) is 0 Å². The van der Waals surface area contributed by atoms with E-state index in [4.69, 9.17) is 23.2 Å². The highest BCUT2D eigenvalue weighted by molar-refractivity contribution is 6.30.